The lowest BCUT2D eigenvalue weighted by molar-refractivity contribution is -0.117. The number of benzene rings is 2. The summed E-state index contributed by atoms with van der Waals surface area (Å²) in [4.78, 5) is 34.3. The lowest BCUT2D eigenvalue weighted by atomic mass is 9.82. The number of fused-ring (bicyclic) bond motifs is 1. The number of nitrogens with one attached hydrogen (secondary N) is 1. The highest BCUT2D eigenvalue weighted by Gasteiger charge is 2.28. The van der Waals surface area contributed by atoms with Crippen molar-refractivity contribution in [1.82, 2.24) is 9.97 Å². The van der Waals surface area contributed by atoms with E-state index in [2.05, 4.69) is 39.6 Å². The summed E-state index contributed by atoms with van der Waals surface area (Å²) in [6, 6.07) is 18.0. The Labute approximate surface area is 176 Å². The van der Waals surface area contributed by atoms with Gasteiger partial charge in [0.15, 0.2) is 5.78 Å². The number of Topliss-reactive ketones (excluding diaryl/α,β-unsaturated/α-hetero) is 1. The quantitative estimate of drug-likeness (QED) is 0.667. The molecular formula is C25H25N3O2. The molecule has 152 valence electrons. The van der Waals surface area contributed by atoms with Crippen LogP contribution in [0.2, 0.25) is 0 Å². The van der Waals surface area contributed by atoms with E-state index in [1.54, 1.807) is 6.20 Å². The molecule has 1 heterocycles. The molecule has 4 rings (SSSR count). The van der Waals surface area contributed by atoms with Crippen LogP contribution in [0.4, 0.5) is 5.95 Å². The van der Waals surface area contributed by atoms with Crippen molar-refractivity contribution in [3.8, 4) is 0 Å². The van der Waals surface area contributed by atoms with Crippen LogP contribution in [0.5, 0.6) is 0 Å². The fraction of sp³-hybridized carbons (Fsp3) is 0.280. The monoisotopic (exact) mass is 399 g/mol. The summed E-state index contributed by atoms with van der Waals surface area (Å²) in [5.41, 5.74) is 4.56. The van der Waals surface area contributed by atoms with Crippen LogP contribution >= 0.6 is 0 Å². The first-order valence-electron chi connectivity index (χ1n) is 10.4. The van der Waals surface area contributed by atoms with Crippen molar-refractivity contribution >= 4 is 17.6 Å². The van der Waals surface area contributed by atoms with Crippen LogP contribution in [0.15, 0.2) is 60.8 Å². The molecule has 5 heteroatoms. The molecule has 1 N–H and O–H groups in total. The van der Waals surface area contributed by atoms with Crippen molar-refractivity contribution in [2.24, 2.45) is 0 Å². The number of nitrogens with zero attached hydrogens (tertiary/aromatic N) is 2. The van der Waals surface area contributed by atoms with Gasteiger partial charge in [-0.15, -0.1) is 0 Å². The molecular weight excluding hydrogens is 374 g/mol. The summed E-state index contributed by atoms with van der Waals surface area (Å²) in [5, 5.41) is 2.85. The third kappa shape index (κ3) is 4.15. The van der Waals surface area contributed by atoms with Crippen LogP contribution in [0.25, 0.3) is 0 Å². The molecule has 1 aliphatic rings. The third-order valence-electron chi connectivity index (χ3n) is 5.75. The van der Waals surface area contributed by atoms with Crippen molar-refractivity contribution < 1.29 is 9.59 Å². The van der Waals surface area contributed by atoms with E-state index in [1.165, 1.54) is 5.56 Å². The molecule has 0 saturated carbocycles. The van der Waals surface area contributed by atoms with Crippen molar-refractivity contribution in [1.29, 1.82) is 0 Å². The summed E-state index contributed by atoms with van der Waals surface area (Å²) < 4.78 is 0. The van der Waals surface area contributed by atoms with Crippen LogP contribution in [0, 0.1) is 6.92 Å². The number of ketones is 1. The molecule has 0 bridgehead atoms. The Morgan fingerprint density at radius 3 is 2.53 bits per heavy atom. The summed E-state index contributed by atoms with van der Waals surface area (Å²) in [5.74, 6) is -0.00805. The second-order valence-electron chi connectivity index (χ2n) is 7.85. The number of hydrogen-bond acceptors (Lipinski definition) is 4. The van der Waals surface area contributed by atoms with Crippen LogP contribution in [-0.4, -0.2) is 21.7 Å². The number of hydrogen-bond donors (Lipinski definition) is 1. The van der Waals surface area contributed by atoms with Gasteiger partial charge in [0.25, 0.3) is 0 Å². The molecule has 0 fully saturated rings. The molecule has 1 aliphatic carbocycles. The normalized spacial score (nSPS) is 16.6. The van der Waals surface area contributed by atoms with Gasteiger partial charge in [0.05, 0.1) is 17.2 Å². The molecule has 1 aromatic heterocycles. The first-order valence-corrected chi connectivity index (χ1v) is 10.4. The van der Waals surface area contributed by atoms with Crippen molar-refractivity contribution in [2.45, 2.75) is 44.9 Å². The van der Waals surface area contributed by atoms with Gasteiger partial charge in [0, 0.05) is 12.6 Å². The van der Waals surface area contributed by atoms with Crippen molar-refractivity contribution in [2.75, 3.05) is 5.32 Å². The van der Waals surface area contributed by atoms with Gasteiger partial charge in [0.2, 0.25) is 11.9 Å². The van der Waals surface area contributed by atoms with E-state index in [-0.39, 0.29) is 29.5 Å². The van der Waals surface area contributed by atoms with Gasteiger partial charge < -0.3 is 0 Å². The molecule has 1 amide bonds. The molecule has 0 saturated heterocycles. The fourth-order valence-corrected chi connectivity index (χ4v) is 4.03. The first kappa shape index (κ1) is 20.0. The Balaban J connectivity index is 1.55. The summed E-state index contributed by atoms with van der Waals surface area (Å²) in [6.07, 6.45) is 3.34. The van der Waals surface area contributed by atoms with E-state index in [0.29, 0.717) is 30.5 Å². The lowest BCUT2D eigenvalue weighted by Gasteiger charge is -2.23. The maximum Gasteiger partial charge on any atom is 0.234 e. The number of aryl methyl sites for hydroxylation is 1. The van der Waals surface area contributed by atoms with Crippen molar-refractivity contribution in [3.05, 3.63) is 88.7 Å². The maximum atomic E-state index is 12.8. The highest BCUT2D eigenvalue weighted by atomic mass is 16.2. The molecule has 0 spiro atoms. The van der Waals surface area contributed by atoms with Gasteiger partial charge in [-0.25, -0.2) is 9.97 Å². The van der Waals surface area contributed by atoms with E-state index < -0.39 is 0 Å². The Hall–Kier alpha value is -3.34. The smallest absolute Gasteiger partial charge is 0.234 e. The zero-order valence-electron chi connectivity index (χ0n) is 17.3. The minimum Gasteiger partial charge on any atom is -0.294 e. The number of amides is 1. The molecule has 0 aliphatic heterocycles. The van der Waals surface area contributed by atoms with E-state index in [9.17, 15) is 9.59 Å². The molecule has 5 nitrogen and oxygen atoms in total. The number of carbonyl (C=O) groups is 2. The molecule has 3 aromatic rings. The van der Waals surface area contributed by atoms with Gasteiger partial charge in [-0.2, -0.15) is 0 Å². The lowest BCUT2D eigenvalue weighted by Crippen LogP contribution is -2.24. The van der Waals surface area contributed by atoms with E-state index in [1.807, 2.05) is 44.2 Å². The standard InChI is InChI=1S/C25H25N3O2/c1-3-20(18-7-5-4-6-8-18)24(30)28-25-26-15-21-22(27-25)13-19(14-23(21)29)17-11-9-16(2)10-12-17/h4-12,15,19-20H,3,13-14H2,1-2H3,(H,26,27,28,30)/t19-,20+/m1/s1. The zero-order chi connectivity index (χ0) is 21.1. The summed E-state index contributed by atoms with van der Waals surface area (Å²) >= 11 is 0. The summed E-state index contributed by atoms with van der Waals surface area (Å²) in [7, 11) is 0. The average molecular weight is 399 g/mol. The fourth-order valence-electron chi connectivity index (χ4n) is 4.03. The highest BCUT2D eigenvalue weighted by Crippen LogP contribution is 2.32. The largest absolute Gasteiger partial charge is 0.294 e. The molecule has 2 atom stereocenters. The average Bonchev–Trinajstić information content (AvgIpc) is 2.75. The number of aromatic nitrogens is 2. The Morgan fingerprint density at radius 2 is 1.83 bits per heavy atom. The topological polar surface area (TPSA) is 72.0 Å². The maximum absolute atomic E-state index is 12.8. The predicted molar refractivity (Wildman–Crippen MR) is 117 cm³/mol. The van der Waals surface area contributed by atoms with Crippen LogP contribution in [0.1, 0.15) is 64.3 Å². The van der Waals surface area contributed by atoms with Gasteiger partial charge in [0.1, 0.15) is 0 Å². The number of anilines is 1. The van der Waals surface area contributed by atoms with Crippen molar-refractivity contribution in [3.63, 3.8) is 0 Å². The van der Waals surface area contributed by atoms with Gasteiger partial charge in [-0.05, 0) is 36.8 Å². The minimum absolute atomic E-state index is 0.0513. The molecule has 30 heavy (non-hydrogen) atoms. The second-order valence-corrected chi connectivity index (χ2v) is 7.85. The van der Waals surface area contributed by atoms with Gasteiger partial charge >= 0.3 is 0 Å². The van der Waals surface area contributed by atoms with Crippen LogP contribution in [-0.2, 0) is 11.2 Å². The van der Waals surface area contributed by atoms with Gasteiger partial charge in [-0.1, -0.05) is 67.1 Å². The second kappa shape index (κ2) is 8.57. The third-order valence-corrected chi connectivity index (χ3v) is 5.75. The zero-order valence-corrected chi connectivity index (χ0v) is 17.3. The number of rotatable bonds is 5. The number of carbonyl (C=O) groups excluding carboxylic acids is 2. The van der Waals surface area contributed by atoms with Gasteiger partial charge in [-0.3, -0.25) is 14.9 Å². The highest BCUT2D eigenvalue weighted by molar-refractivity contribution is 5.99. The molecule has 0 radical (unpaired) electrons. The molecule has 0 unspecified atom stereocenters. The van der Waals surface area contributed by atoms with E-state index in [0.717, 1.165) is 11.1 Å². The SMILES string of the molecule is CC[C@H](C(=O)Nc1ncc2c(n1)C[C@@H](c1ccc(C)cc1)CC2=O)c1ccccc1. The Kier molecular flexibility index (Phi) is 5.70. The Morgan fingerprint density at radius 1 is 1.10 bits per heavy atom. The van der Waals surface area contributed by atoms with E-state index >= 15 is 0 Å². The minimum atomic E-state index is -0.271. The van der Waals surface area contributed by atoms with E-state index in [4.69, 9.17) is 0 Å². The van der Waals surface area contributed by atoms with Crippen LogP contribution < -0.4 is 5.32 Å². The Bertz CT molecular complexity index is 1060. The first-order chi connectivity index (χ1) is 14.5. The van der Waals surface area contributed by atoms with Crippen LogP contribution in [0.3, 0.4) is 0 Å². The predicted octanol–water partition coefficient (Wildman–Crippen LogP) is 4.83. The summed E-state index contributed by atoms with van der Waals surface area (Å²) in [6.45, 7) is 4.03. The molecule has 2 aromatic carbocycles.